The van der Waals surface area contributed by atoms with E-state index >= 15 is 0 Å². The van der Waals surface area contributed by atoms with Gasteiger partial charge in [0.2, 0.25) is 11.8 Å². The van der Waals surface area contributed by atoms with Crippen LogP contribution in [0.5, 0.6) is 0 Å². The van der Waals surface area contributed by atoms with Crippen LogP contribution in [-0.2, 0) is 16.1 Å². The van der Waals surface area contributed by atoms with E-state index in [1.165, 1.54) is 4.57 Å². The highest BCUT2D eigenvalue weighted by molar-refractivity contribution is 7.71. The Hall–Kier alpha value is -3.26. The van der Waals surface area contributed by atoms with Crippen LogP contribution in [0.3, 0.4) is 0 Å². The number of hydrogen-bond acceptors (Lipinski definition) is 4. The highest BCUT2D eigenvalue weighted by Crippen LogP contribution is 2.15. The number of fused-ring (bicyclic) bond motifs is 1. The van der Waals surface area contributed by atoms with Crippen LogP contribution < -0.4 is 16.2 Å². The van der Waals surface area contributed by atoms with Crippen molar-refractivity contribution in [1.29, 1.82) is 0 Å². The second-order valence-corrected chi connectivity index (χ2v) is 6.60. The number of amides is 2. The predicted octanol–water partition coefficient (Wildman–Crippen LogP) is 3.44. The number of carbonyl (C=O) groups excluding carboxylic acids is 2. The van der Waals surface area contributed by atoms with Crippen molar-refractivity contribution in [2.45, 2.75) is 26.3 Å². The van der Waals surface area contributed by atoms with Gasteiger partial charge in [0.05, 0.1) is 10.9 Å². The Morgan fingerprint density at radius 1 is 1.04 bits per heavy atom. The molecule has 0 saturated heterocycles. The first-order chi connectivity index (χ1) is 13.5. The number of rotatable bonds is 6. The number of carbonyl (C=O) groups is 2. The molecule has 0 aliphatic rings. The van der Waals surface area contributed by atoms with Gasteiger partial charge in [0.15, 0.2) is 4.77 Å². The molecule has 0 bridgehead atoms. The molecule has 2 amide bonds. The number of aromatic amines is 1. The first-order valence-electron chi connectivity index (χ1n) is 8.89. The summed E-state index contributed by atoms with van der Waals surface area (Å²) in [7, 11) is 0. The minimum absolute atomic E-state index is 0.0846. The number of H-pyrrole nitrogens is 1. The van der Waals surface area contributed by atoms with Crippen LogP contribution in [0.15, 0.2) is 53.3 Å². The van der Waals surface area contributed by atoms with Gasteiger partial charge < -0.3 is 15.6 Å². The van der Waals surface area contributed by atoms with Crippen molar-refractivity contribution in [3.63, 3.8) is 0 Å². The third-order valence-electron chi connectivity index (χ3n) is 4.20. The van der Waals surface area contributed by atoms with Gasteiger partial charge in [0.25, 0.3) is 5.56 Å². The normalized spacial score (nSPS) is 10.6. The molecular formula is C20H20N4O3S. The van der Waals surface area contributed by atoms with E-state index in [0.717, 1.165) is 0 Å². The van der Waals surface area contributed by atoms with E-state index in [-0.39, 0.29) is 35.1 Å². The van der Waals surface area contributed by atoms with Gasteiger partial charge in [-0.1, -0.05) is 25.1 Å². The fraction of sp³-hybridized carbons (Fsp3) is 0.200. The average Bonchev–Trinajstić information content (AvgIpc) is 2.68. The third-order valence-corrected chi connectivity index (χ3v) is 4.53. The second-order valence-electron chi connectivity index (χ2n) is 6.21. The molecule has 0 radical (unpaired) electrons. The molecule has 0 aliphatic heterocycles. The van der Waals surface area contributed by atoms with Crippen molar-refractivity contribution in [2.75, 3.05) is 10.6 Å². The molecule has 1 heterocycles. The quantitative estimate of drug-likeness (QED) is 0.556. The lowest BCUT2D eigenvalue weighted by Gasteiger charge is -2.10. The first-order valence-corrected chi connectivity index (χ1v) is 9.30. The lowest BCUT2D eigenvalue weighted by molar-refractivity contribution is -0.117. The first kappa shape index (κ1) is 19.5. The van der Waals surface area contributed by atoms with Gasteiger partial charge in [-0.05, 0) is 42.5 Å². The molecule has 8 heteroatoms. The Kier molecular flexibility index (Phi) is 6.00. The highest BCUT2D eigenvalue weighted by Gasteiger charge is 2.09. The summed E-state index contributed by atoms with van der Waals surface area (Å²) in [6, 6.07) is 14.0. The zero-order valence-corrected chi connectivity index (χ0v) is 16.1. The van der Waals surface area contributed by atoms with Crippen molar-refractivity contribution in [3.05, 3.63) is 63.7 Å². The SMILES string of the molecule is CCC(=O)Nc1cccc(NC(=O)CCn2c(=S)[nH]c3ccccc3c2=O)c1. The highest BCUT2D eigenvalue weighted by atomic mass is 32.1. The minimum atomic E-state index is -0.256. The number of nitrogens with zero attached hydrogens (tertiary/aromatic N) is 1. The zero-order valence-electron chi connectivity index (χ0n) is 15.3. The number of para-hydroxylation sites is 1. The van der Waals surface area contributed by atoms with Crippen LogP contribution in [0.1, 0.15) is 19.8 Å². The molecule has 7 nitrogen and oxygen atoms in total. The van der Waals surface area contributed by atoms with Crippen LogP contribution in [-0.4, -0.2) is 21.4 Å². The summed E-state index contributed by atoms with van der Waals surface area (Å²) >= 11 is 5.25. The molecular weight excluding hydrogens is 376 g/mol. The topological polar surface area (TPSA) is 96.0 Å². The Balaban J connectivity index is 1.69. The standard InChI is InChI=1S/C20H20N4O3S/c1-2-17(25)21-13-6-5-7-14(12-13)22-18(26)10-11-24-19(27)15-8-3-4-9-16(15)23-20(24)28/h3-9,12H,2,10-11H2,1H3,(H,21,25)(H,22,26)(H,23,28). The summed E-state index contributed by atoms with van der Waals surface area (Å²) in [4.78, 5) is 39.4. The van der Waals surface area contributed by atoms with Gasteiger partial charge in [0.1, 0.15) is 0 Å². The lowest BCUT2D eigenvalue weighted by Crippen LogP contribution is -2.25. The molecule has 2 aromatic carbocycles. The monoisotopic (exact) mass is 396 g/mol. The molecule has 1 aromatic heterocycles. The maximum atomic E-state index is 12.6. The van der Waals surface area contributed by atoms with Crippen molar-refractivity contribution >= 4 is 46.3 Å². The van der Waals surface area contributed by atoms with Crippen LogP contribution in [0.25, 0.3) is 10.9 Å². The summed E-state index contributed by atoms with van der Waals surface area (Å²) < 4.78 is 1.66. The summed E-state index contributed by atoms with van der Waals surface area (Å²) in [5.74, 6) is -0.359. The van der Waals surface area contributed by atoms with Crippen LogP contribution in [0.2, 0.25) is 0 Å². The number of benzene rings is 2. The molecule has 3 rings (SSSR count). The van der Waals surface area contributed by atoms with Crippen LogP contribution >= 0.6 is 12.2 Å². The van der Waals surface area contributed by atoms with E-state index in [9.17, 15) is 14.4 Å². The van der Waals surface area contributed by atoms with Gasteiger partial charge in [-0.25, -0.2) is 0 Å². The van der Waals surface area contributed by atoms with E-state index in [1.54, 1.807) is 49.4 Å². The molecule has 0 atom stereocenters. The van der Waals surface area contributed by atoms with E-state index in [1.807, 2.05) is 6.07 Å². The Labute approximate surface area is 166 Å². The van der Waals surface area contributed by atoms with Crippen molar-refractivity contribution < 1.29 is 9.59 Å². The van der Waals surface area contributed by atoms with Gasteiger partial charge in [-0.2, -0.15) is 0 Å². The fourth-order valence-electron chi connectivity index (χ4n) is 2.76. The molecule has 0 aliphatic carbocycles. The van der Waals surface area contributed by atoms with E-state index < -0.39 is 0 Å². The zero-order chi connectivity index (χ0) is 20.1. The van der Waals surface area contributed by atoms with Crippen molar-refractivity contribution in [1.82, 2.24) is 9.55 Å². The molecule has 3 N–H and O–H groups in total. The van der Waals surface area contributed by atoms with Gasteiger partial charge >= 0.3 is 0 Å². The Morgan fingerprint density at radius 3 is 2.43 bits per heavy atom. The molecule has 0 fully saturated rings. The van der Waals surface area contributed by atoms with Crippen LogP contribution in [0.4, 0.5) is 11.4 Å². The maximum absolute atomic E-state index is 12.6. The predicted molar refractivity (Wildman–Crippen MR) is 112 cm³/mol. The van der Waals surface area contributed by atoms with E-state index in [4.69, 9.17) is 12.2 Å². The van der Waals surface area contributed by atoms with Gasteiger partial charge in [-0.15, -0.1) is 0 Å². The molecule has 0 saturated carbocycles. The van der Waals surface area contributed by atoms with Crippen molar-refractivity contribution in [2.24, 2.45) is 0 Å². The number of hydrogen-bond donors (Lipinski definition) is 3. The molecule has 28 heavy (non-hydrogen) atoms. The molecule has 144 valence electrons. The maximum Gasteiger partial charge on any atom is 0.262 e. The third kappa shape index (κ3) is 4.52. The summed E-state index contributed by atoms with van der Waals surface area (Å²) in [5.41, 5.74) is 1.62. The summed E-state index contributed by atoms with van der Waals surface area (Å²) in [6.45, 7) is 1.93. The minimum Gasteiger partial charge on any atom is -0.332 e. The van der Waals surface area contributed by atoms with Gasteiger partial charge in [-0.3, -0.25) is 19.0 Å². The van der Waals surface area contributed by atoms with Gasteiger partial charge in [0, 0.05) is 30.8 Å². The Morgan fingerprint density at radius 2 is 1.71 bits per heavy atom. The lowest BCUT2D eigenvalue weighted by atomic mass is 10.2. The van der Waals surface area contributed by atoms with E-state index in [0.29, 0.717) is 28.7 Å². The Bertz CT molecular complexity index is 1150. The van der Waals surface area contributed by atoms with E-state index in [2.05, 4.69) is 15.6 Å². The molecule has 0 unspecified atom stereocenters. The molecule has 0 spiro atoms. The number of anilines is 2. The van der Waals surface area contributed by atoms with Crippen LogP contribution in [0, 0.1) is 4.77 Å². The number of nitrogens with one attached hydrogen (secondary N) is 3. The summed E-state index contributed by atoms with van der Waals surface area (Å²) in [6.07, 6.45) is 0.457. The fourth-order valence-corrected chi connectivity index (χ4v) is 3.05. The summed E-state index contributed by atoms with van der Waals surface area (Å²) in [5, 5.41) is 6.04. The average molecular weight is 396 g/mol. The smallest absolute Gasteiger partial charge is 0.262 e. The largest absolute Gasteiger partial charge is 0.332 e. The molecule has 3 aromatic rings. The van der Waals surface area contributed by atoms with Crippen molar-refractivity contribution in [3.8, 4) is 0 Å². The number of aromatic nitrogens is 2. The second kappa shape index (κ2) is 8.62.